The molecule has 2 aliphatic heterocycles. The van der Waals surface area contributed by atoms with E-state index in [-0.39, 0.29) is 12.1 Å². The van der Waals surface area contributed by atoms with E-state index in [0.717, 1.165) is 51.9 Å². The van der Waals surface area contributed by atoms with Crippen molar-refractivity contribution in [1.29, 1.82) is 0 Å². The van der Waals surface area contributed by atoms with Crippen LogP contribution >= 0.6 is 0 Å². The van der Waals surface area contributed by atoms with E-state index >= 15 is 0 Å². The van der Waals surface area contributed by atoms with Gasteiger partial charge in [0.1, 0.15) is 0 Å². The predicted molar refractivity (Wildman–Crippen MR) is 118 cm³/mol. The molecular weight excluding hydrogens is 382 g/mol. The second-order valence-electron chi connectivity index (χ2n) is 7.68. The molecule has 8 heteroatoms. The highest BCUT2D eigenvalue weighted by molar-refractivity contribution is 5.80. The summed E-state index contributed by atoms with van der Waals surface area (Å²) in [7, 11) is 1.82. The smallest absolute Gasteiger partial charge is 0.409 e. The van der Waals surface area contributed by atoms with Crippen LogP contribution in [-0.4, -0.2) is 99.4 Å². The summed E-state index contributed by atoms with van der Waals surface area (Å²) in [5.74, 6) is 0.879. The fraction of sp³-hybridized carbons (Fsp3) is 0.636. The number of nitrogens with one attached hydrogen (secondary N) is 1. The number of benzene rings is 1. The van der Waals surface area contributed by atoms with E-state index in [1.807, 2.05) is 14.0 Å². The first-order valence-corrected chi connectivity index (χ1v) is 10.9. The normalized spacial score (nSPS) is 19.5. The highest BCUT2D eigenvalue weighted by Crippen LogP contribution is 2.22. The SMILES string of the molecule is CCOC(=O)N1CCN(C(=NC)NCC(c2ccc(C)cc2)N2CCOCC2)CC1. The third kappa shape index (κ3) is 5.86. The topological polar surface area (TPSA) is 69.6 Å². The number of rotatable bonds is 5. The minimum absolute atomic E-state index is 0.230. The summed E-state index contributed by atoms with van der Waals surface area (Å²) in [6.07, 6.45) is -0.230. The monoisotopic (exact) mass is 417 g/mol. The zero-order chi connectivity index (χ0) is 21.3. The molecule has 2 fully saturated rings. The summed E-state index contributed by atoms with van der Waals surface area (Å²) < 4.78 is 10.7. The fourth-order valence-corrected chi connectivity index (χ4v) is 3.97. The van der Waals surface area contributed by atoms with Crippen molar-refractivity contribution in [3.63, 3.8) is 0 Å². The maximum absolute atomic E-state index is 11.9. The number of aliphatic imine (C=N–C) groups is 1. The number of hydrogen-bond acceptors (Lipinski definition) is 5. The number of carbonyl (C=O) groups is 1. The molecule has 166 valence electrons. The molecule has 2 heterocycles. The Morgan fingerprint density at radius 1 is 1.10 bits per heavy atom. The molecule has 1 unspecified atom stereocenters. The van der Waals surface area contributed by atoms with Crippen LogP contribution in [-0.2, 0) is 9.47 Å². The average Bonchev–Trinajstić information content (AvgIpc) is 2.79. The van der Waals surface area contributed by atoms with Crippen LogP contribution in [0.25, 0.3) is 0 Å². The van der Waals surface area contributed by atoms with E-state index in [1.165, 1.54) is 11.1 Å². The summed E-state index contributed by atoms with van der Waals surface area (Å²) >= 11 is 0. The van der Waals surface area contributed by atoms with Gasteiger partial charge < -0.3 is 24.6 Å². The number of guanidine groups is 1. The van der Waals surface area contributed by atoms with E-state index in [2.05, 4.69) is 51.3 Å². The molecule has 1 atom stereocenters. The summed E-state index contributed by atoms with van der Waals surface area (Å²) in [5.41, 5.74) is 2.57. The van der Waals surface area contributed by atoms with Gasteiger partial charge in [-0.05, 0) is 19.4 Å². The Morgan fingerprint density at radius 3 is 2.33 bits per heavy atom. The number of carbonyl (C=O) groups excluding carboxylic acids is 1. The lowest BCUT2D eigenvalue weighted by Crippen LogP contribution is -2.55. The van der Waals surface area contributed by atoms with Gasteiger partial charge in [0.2, 0.25) is 0 Å². The molecule has 1 N–H and O–H groups in total. The van der Waals surface area contributed by atoms with Crippen LogP contribution in [0.5, 0.6) is 0 Å². The zero-order valence-corrected chi connectivity index (χ0v) is 18.5. The fourth-order valence-electron chi connectivity index (χ4n) is 3.97. The molecule has 1 aromatic rings. The van der Waals surface area contributed by atoms with Crippen LogP contribution in [0.3, 0.4) is 0 Å². The highest BCUT2D eigenvalue weighted by atomic mass is 16.6. The van der Waals surface area contributed by atoms with Gasteiger partial charge in [-0.25, -0.2) is 4.79 Å². The molecule has 0 aliphatic carbocycles. The summed E-state index contributed by atoms with van der Waals surface area (Å²) in [4.78, 5) is 22.9. The Hall–Kier alpha value is -2.32. The first-order valence-electron chi connectivity index (χ1n) is 10.9. The Labute approximate surface area is 179 Å². The highest BCUT2D eigenvalue weighted by Gasteiger charge is 2.26. The molecule has 1 amide bonds. The molecule has 0 radical (unpaired) electrons. The molecule has 0 saturated carbocycles. The largest absolute Gasteiger partial charge is 0.450 e. The molecule has 2 saturated heterocycles. The number of morpholine rings is 1. The van der Waals surface area contributed by atoms with Gasteiger partial charge in [-0.2, -0.15) is 0 Å². The lowest BCUT2D eigenvalue weighted by atomic mass is 10.0. The van der Waals surface area contributed by atoms with Crippen LogP contribution in [0.15, 0.2) is 29.3 Å². The van der Waals surface area contributed by atoms with Crippen molar-refractivity contribution in [2.24, 2.45) is 4.99 Å². The number of amides is 1. The second-order valence-corrected chi connectivity index (χ2v) is 7.68. The summed E-state index contributed by atoms with van der Waals surface area (Å²) in [6.45, 7) is 11.3. The van der Waals surface area contributed by atoms with Gasteiger partial charge in [-0.3, -0.25) is 9.89 Å². The maximum atomic E-state index is 11.9. The third-order valence-corrected chi connectivity index (χ3v) is 5.72. The molecule has 1 aromatic carbocycles. The molecule has 8 nitrogen and oxygen atoms in total. The van der Waals surface area contributed by atoms with Crippen molar-refractivity contribution < 1.29 is 14.3 Å². The molecule has 0 aromatic heterocycles. The quantitative estimate of drug-likeness (QED) is 0.581. The first-order chi connectivity index (χ1) is 14.6. The Kier molecular flexibility index (Phi) is 8.33. The molecule has 3 rings (SSSR count). The van der Waals surface area contributed by atoms with Gasteiger partial charge in [0.05, 0.1) is 25.9 Å². The van der Waals surface area contributed by atoms with Crippen LogP contribution in [0.4, 0.5) is 4.79 Å². The van der Waals surface area contributed by atoms with E-state index in [1.54, 1.807) is 4.90 Å². The summed E-state index contributed by atoms with van der Waals surface area (Å²) in [6, 6.07) is 9.04. The number of aryl methyl sites for hydroxylation is 1. The minimum atomic E-state index is -0.230. The number of nitrogens with zero attached hydrogens (tertiary/aromatic N) is 4. The van der Waals surface area contributed by atoms with E-state index in [0.29, 0.717) is 19.7 Å². The molecule has 0 spiro atoms. The molecule has 30 heavy (non-hydrogen) atoms. The van der Waals surface area contributed by atoms with Gasteiger partial charge in [-0.15, -0.1) is 0 Å². The van der Waals surface area contributed by atoms with Gasteiger partial charge in [-0.1, -0.05) is 29.8 Å². The van der Waals surface area contributed by atoms with Gasteiger partial charge in [0, 0.05) is 52.9 Å². The van der Waals surface area contributed by atoms with Gasteiger partial charge in [0.15, 0.2) is 5.96 Å². The molecular formula is C22H35N5O3. The Morgan fingerprint density at radius 2 is 1.73 bits per heavy atom. The Balaban J connectivity index is 1.60. The third-order valence-electron chi connectivity index (χ3n) is 5.72. The van der Waals surface area contributed by atoms with Crippen LogP contribution in [0.1, 0.15) is 24.1 Å². The second kappa shape index (κ2) is 11.2. The van der Waals surface area contributed by atoms with Crippen molar-refractivity contribution in [2.45, 2.75) is 19.9 Å². The Bertz CT molecular complexity index is 695. The van der Waals surface area contributed by atoms with E-state index in [9.17, 15) is 4.79 Å². The molecule has 2 aliphatic rings. The van der Waals surface area contributed by atoms with Gasteiger partial charge >= 0.3 is 6.09 Å². The number of piperazine rings is 1. The van der Waals surface area contributed by atoms with E-state index < -0.39 is 0 Å². The average molecular weight is 418 g/mol. The maximum Gasteiger partial charge on any atom is 0.409 e. The van der Waals surface area contributed by atoms with Crippen molar-refractivity contribution in [3.8, 4) is 0 Å². The van der Waals surface area contributed by atoms with Gasteiger partial charge in [0.25, 0.3) is 0 Å². The summed E-state index contributed by atoms with van der Waals surface area (Å²) in [5, 5.41) is 3.58. The van der Waals surface area contributed by atoms with Crippen molar-refractivity contribution in [2.75, 3.05) is 72.7 Å². The van der Waals surface area contributed by atoms with Crippen molar-refractivity contribution >= 4 is 12.1 Å². The van der Waals surface area contributed by atoms with Crippen molar-refractivity contribution in [3.05, 3.63) is 35.4 Å². The lowest BCUT2D eigenvalue weighted by molar-refractivity contribution is 0.0168. The molecule has 0 bridgehead atoms. The van der Waals surface area contributed by atoms with Crippen LogP contribution < -0.4 is 5.32 Å². The van der Waals surface area contributed by atoms with Crippen molar-refractivity contribution in [1.82, 2.24) is 20.0 Å². The zero-order valence-electron chi connectivity index (χ0n) is 18.5. The predicted octanol–water partition coefficient (Wildman–Crippen LogP) is 1.72. The number of ether oxygens (including phenoxy) is 2. The van der Waals surface area contributed by atoms with E-state index in [4.69, 9.17) is 9.47 Å². The lowest BCUT2D eigenvalue weighted by Gasteiger charge is -2.38. The van der Waals surface area contributed by atoms with Crippen LogP contribution in [0, 0.1) is 6.92 Å². The first kappa shape index (κ1) is 22.4. The minimum Gasteiger partial charge on any atom is -0.450 e. The standard InChI is InChI=1S/C22H35N5O3/c1-4-30-22(28)27-11-9-26(10-12-27)21(23-3)24-17-20(25-13-15-29-16-14-25)19-7-5-18(2)6-8-19/h5-8,20H,4,9-17H2,1-3H3,(H,23,24). The van der Waals surface area contributed by atoms with Crippen LogP contribution in [0.2, 0.25) is 0 Å². The number of hydrogen-bond donors (Lipinski definition) is 1.